The number of fused-ring (bicyclic) bond motifs is 5. The summed E-state index contributed by atoms with van der Waals surface area (Å²) < 4.78 is 17.9. The van der Waals surface area contributed by atoms with Crippen LogP contribution in [0.5, 0.6) is 0 Å². The smallest absolute Gasteiger partial charge is 0.302 e. The molecule has 5 fully saturated rings. The largest absolute Gasteiger partial charge is 0.462 e. The third-order valence-corrected chi connectivity index (χ3v) is 10.5. The van der Waals surface area contributed by atoms with Crippen LogP contribution in [0.2, 0.25) is 0 Å². The summed E-state index contributed by atoms with van der Waals surface area (Å²) in [5.74, 6) is 3.32. The van der Waals surface area contributed by atoms with Crippen molar-refractivity contribution in [1.29, 1.82) is 0 Å². The maximum atomic E-state index is 11.7. The van der Waals surface area contributed by atoms with E-state index in [2.05, 4.69) is 20.8 Å². The molecule has 4 saturated carbocycles. The normalized spacial score (nSPS) is 51.0. The Morgan fingerprint density at radius 1 is 0.828 bits per heavy atom. The lowest BCUT2D eigenvalue weighted by atomic mass is 9.44. The van der Waals surface area contributed by atoms with Crippen molar-refractivity contribution in [2.45, 2.75) is 97.4 Å². The zero-order valence-electron chi connectivity index (χ0n) is 18.9. The molecule has 0 radical (unpaired) electrons. The first-order valence-corrected chi connectivity index (χ1v) is 12.2. The molecule has 0 aromatic carbocycles. The van der Waals surface area contributed by atoms with Crippen molar-refractivity contribution >= 4 is 5.97 Å². The highest BCUT2D eigenvalue weighted by Gasteiger charge is 2.61. The number of carbonyl (C=O) groups is 1. The fraction of sp³-hybridized carbons (Fsp3) is 0.960. The summed E-state index contributed by atoms with van der Waals surface area (Å²) in [7, 11) is 0. The summed E-state index contributed by atoms with van der Waals surface area (Å²) in [6.07, 6.45) is 11.6. The summed E-state index contributed by atoms with van der Waals surface area (Å²) in [4.78, 5) is 11.7. The third kappa shape index (κ3) is 3.03. The highest BCUT2D eigenvalue weighted by molar-refractivity contribution is 5.66. The molecule has 0 amide bonds. The van der Waals surface area contributed by atoms with Crippen LogP contribution in [0.4, 0.5) is 0 Å². The Morgan fingerprint density at radius 2 is 1.52 bits per heavy atom. The van der Waals surface area contributed by atoms with Gasteiger partial charge in [-0.15, -0.1) is 0 Å². The number of rotatable bonds is 2. The first-order chi connectivity index (χ1) is 13.8. The van der Waals surface area contributed by atoms with Gasteiger partial charge in [-0.25, -0.2) is 0 Å². The van der Waals surface area contributed by atoms with Crippen molar-refractivity contribution in [3.63, 3.8) is 0 Å². The van der Waals surface area contributed by atoms with E-state index < -0.39 is 0 Å². The number of esters is 1. The molecule has 4 nitrogen and oxygen atoms in total. The molecule has 0 aromatic rings. The summed E-state index contributed by atoms with van der Waals surface area (Å²) in [6.45, 7) is 10.3. The minimum Gasteiger partial charge on any atom is -0.462 e. The number of ether oxygens (including phenoxy) is 3. The topological polar surface area (TPSA) is 44.8 Å². The van der Waals surface area contributed by atoms with Gasteiger partial charge in [0.1, 0.15) is 6.10 Å². The molecule has 8 atom stereocenters. The summed E-state index contributed by atoms with van der Waals surface area (Å²) in [5.41, 5.74) is 0.668. The van der Waals surface area contributed by atoms with Gasteiger partial charge < -0.3 is 14.2 Å². The van der Waals surface area contributed by atoms with Crippen LogP contribution < -0.4 is 0 Å². The summed E-state index contributed by atoms with van der Waals surface area (Å²) >= 11 is 0. The fourth-order valence-electron chi connectivity index (χ4n) is 8.85. The van der Waals surface area contributed by atoms with Crippen LogP contribution in [0.3, 0.4) is 0 Å². The molecule has 0 N–H and O–H groups in total. The van der Waals surface area contributed by atoms with Gasteiger partial charge in [-0.05, 0) is 93.8 Å². The van der Waals surface area contributed by atoms with Gasteiger partial charge in [0, 0.05) is 18.3 Å². The Morgan fingerprint density at radius 3 is 2.24 bits per heavy atom. The zero-order valence-corrected chi connectivity index (χ0v) is 18.9. The van der Waals surface area contributed by atoms with Gasteiger partial charge in [0.2, 0.25) is 0 Å². The minimum absolute atomic E-state index is 0.0992. The molecule has 5 aliphatic rings. The van der Waals surface area contributed by atoms with Crippen LogP contribution in [0.1, 0.15) is 85.5 Å². The van der Waals surface area contributed by atoms with Crippen molar-refractivity contribution in [3.8, 4) is 0 Å². The van der Waals surface area contributed by atoms with E-state index >= 15 is 0 Å². The lowest BCUT2D eigenvalue weighted by Crippen LogP contribution is -2.55. The second-order valence-electron chi connectivity index (χ2n) is 11.6. The molecule has 1 heterocycles. The second kappa shape index (κ2) is 6.95. The Hall–Kier alpha value is -0.610. The molecule has 1 aliphatic heterocycles. The standard InChI is InChI=1S/C25H40O4/c1-16(26)29-22-8-7-20-19-6-5-17-15-18(25(4)27-13-14-28-25)9-11-23(17,2)21(19)10-12-24(20,22)3/h17-22H,5-15H2,1-4H3/t17-,18-,19-,20-,21-,22+,23-,24-/m0/s1. The molecule has 0 aromatic heterocycles. The maximum absolute atomic E-state index is 11.7. The molecule has 1 saturated heterocycles. The Labute approximate surface area is 176 Å². The first kappa shape index (κ1) is 20.3. The molecule has 0 bridgehead atoms. The van der Waals surface area contributed by atoms with Gasteiger partial charge in [-0.3, -0.25) is 4.79 Å². The average molecular weight is 405 g/mol. The molecule has 0 unspecified atom stereocenters. The summed E-state index contributed by atoms with van der Waals surface area (Å²) in [5, 5.41) is 0. The van der Waals surface area contributed by atoms with E-state index in [1.807, 2.05) is 0 Å². The molecule has 0 spiro atoms. The van der Waals surface area contributed by atoms with Crippen LogP contribution in [0.25, 0.3) is 0 Å². The van der Waals surface area contributed by atoms with Crippen molar-refractivity contribution in [2.24, 2.45) is 40.4 Å². The van der Waals surface area contributed by atoms with Crippen molar-refractivity contribution in [2.75, 3.05) is 13.2 Å². The molecule has 29 heavy (non-hydrogen) atoms. The van der Waals surface area contributed by atoms with Crippen LogP contribution >= 0.6 is 0 Å². The van der Waals surface area contributed by atoms with Crippen molar-refractivity contribution < 1.29 is 19.0 Å². The van der Waals surface area contributed by atoms with Gasteiger partial charge in [-0.1, -0.05) is 13.8 Å². The Bertz CT molecular complexity index is 655. The quantitative estimate of drug-likeness (QED) is 0.583. The third-order valence-electron chi connectivity index (χ3n) is 10.5. The van der Waals surface area contributed by atoms with Gasteiger partial charge >= 0.3 is 5.97 Å². The zero-order chi connectivity index (χ0) is 20.4. The van der Waals surface area contributed by atoms with E-state index in [1.165, 1.54) is 51.4 Å². The van der Waals surface area contributed by atoms with E-state index in [9.17, 15) is 4.79 Å². The maximum Gasteiger partial charge on any atom is 0.302 e. The van der Waals surface area contributed by atoms with E-state index in [0.717, 1.165) is 43.3 Å². The molecular weight excluding hydrogens is 364 g/mol. The predicted octanol–water partition coefficient (Wildman–Crippen LogP) is 5.34. The first-order valence-electron chi connectivity index (χ1n) is 12.2. The monoisotopic (exact) mass is 404 g/mol. The number of carbonyl (C=O) groups excluding carboxylic acids is 1. The van der Waals surface area contributed by atoms with Gasteiger partial charge in [-0.2, -0.15) is 0 Å². The molecule has 5 rings (SSSR count). The molecular formula is C25H40O4. The van der Waals surface area contributed by atoms with E-state index in [0.29, 0.717) is 11.3 Å². The second-order valence-corrected chi connectivity index (χ2v) is 11.6. The van der Waals surface area contributed by atoms with Gasteiger partial charge in [0.05, 0.1) is 13.2 Å². The molecule has 4 aliphatic carbocycles. The van der Waals surface area contributed by atoms with Crippen LogP contribution in [-0.4, -0.2) is 31.1 Å². The van der Waals surface area contributed by atoms with Gasteiger partial charge in [0.25, 0.3) is 0 Å². The van der Waals surface area contributed by atoms with E-state index in [-0.39, 0.29) is 23.3 Å². The highest BCUT2D eigenvalue weighted by atomic mass is 16.7. The average Bonchev–Trinajstić information content (AvgIpc) is 3.25. The predicted molar refractivity (Wildman–Crippen MR) is 111 cm³/mol. The number of hydrogen-bond acceptors (Lipinski definition) is 4. The van der Waals surface area contributed by atoms with E-state index in [4.69, 9.17) is 14.2 Å². The summed E-state index contributed by atoms with van der Waals surface area (Å²) in [6, 6.07) is 0. The van der Waals surface area contributed by atoms with Gasteiger partial charge in [0.15, 0.2) is 5.79 Å². The Balaban J connectivity index is 1.33. The van der Waals surface area contributed by atoms with Crippen molar-refractivity contribution in [3.05, 3.63) is 0 Å². The SMILES string of the molecule is CC(=O)O[C@@H]1CC[C@H]2[C@@H]3CC[C@H]4C[C@@H](C5(C)OCCO5)CC[C@]4(C)[C@H]3CC[C@]12C. The van der Waals surface area contributed by atoms with Crippen LogP contribution in [-0.2, 0) is 19.0 Å². The van der Waals surface area contributed by atoms with Crippen LogP contribution in [0, 0.1) is 40.4 Å². The lowest BCUT2D eigenvalue weighted by molar-refractivity contribution is -0.211. The van der Waals surface area contributed by atoms with Crippen molar-refractivity contribution in [1.82, 2.24) is 0 Å². The molecule has 164 valence electrons. The lowest BCUT2D eigenvalue weighted by Gasteiger charge is -2.61. The Kier molecular flexibility index (Phi) is 4.87. The van der Waals surface area contributed by atoms with E-state index in [1.54, 1.807) is 6.92 Å². The number of hydrogen-bond donors (Lipinski definition) is 0. The van der Waals surface area contributed by atoms with Crippen LogP contribution in [0.15, 0.2) is 0 Å². The molecule has 4 heteroatoms. The minimum atomic E-state index is -0.341. The fourth-order valence-corrected chi connectivity index (χ4v) is 8.85. The highest BCUT2D eigenvalue weighted by Crippen LogP contribution is 2.67.